The molecule has 7 rings (SSSR count). The van der Waals surface area contributed by atoms with E-state index in [1.54, 1.807) is 0 Å². The topological polar surface area (TPSA) is 73.9 Å². The standard InChI is InChI=1S/C25H22ClF2N7/c26-17-1-2-20-15(5-17)10-34(25(12-29)3-4-25)11-21-31-32-22(35(20)21)16-7-24(8-16)13-33(14-24)23-19(28)6-18(27)9-30-23/h1-2,5-6,9,16H,3-4,7-8,10-11,13-14H2. The minimum Gasteiger partial charge on any atom is -0.353 e. The maximum Gasteiger partial charge on any atom is 0.168 e. The van der Waals surface area contributed by atoms with Crippen LogP contribution in [0.5, 0.6) is 0 Å². The van der Waals surface area contributed by atoms with Gasteiger partial charge in [0.2, 0.25) is 0 Å². The fraction of sp³-hybridized carbons (Fsp3) is 0.440. The maximum absolute atomic E-state index is 14.1. The van der Waals surface area contributed by atoms with Gasteiger partial charge in [0.25, 0.3) is 0 Å². The van der Waals surface area contributed by atoms with Crippen molar-refractivity contribution in [1.29, 1.82) is 5.26 Å². The van der Waals surface area contributed by atoms with Crippen LogP contribution in [0.15, 0.2) is 30.5 Å². The van der Waals surface area contributed by atoms with E-state index in [1.165, 1.54) is 0 Å². The van der Waals surface area contributed by atoms with Gasteiger partial charge in [-0.15, -0.1) is 10.2 Å². The van der Waals surface area contributed by atoms with Crippen molar-refractivity contribution in [1.82, 2.24) is 24.6 Å². The van der Waals surface area contributed by atoms with Gasteiger partial charge in [0.05, 0.1) is 24.5 Å². The molecule has 2 aromatic heterocycles. The molecule has 3 aromatic rings. The summed E-state index contributed by atoms with van der Waals surface area (Å²) in [4.78, 5) is 8.02. The first kappa shape index (κ1) is 21.2. The minimum absolute atomic E-state index is 0.0953. The monoisotopic (exact) mass is 493 g/mol. The number of pyridine rings is 1. The van der Waals surface area contributed by atoms with Crippen molar-refractivity contribution in [3.05, 3.63) is 64.3 Å². The predicted octanol–water partition coefficient (Wildman–Crippen LogP) is 4.35. The molecule has 1 saturated heterocycles. The lowest BCUT2D eigenvalue weighted by atomic mass is 9.57. The second kappa shape index (κ2) is 7.21. The highest BCUT2D eigenvalue weighted by molar-refractivity contribution is 6.30. The first-order valence-corrected chi connectivity index (χ1v) is 12.2. The second-order valence-electron chi connectivity index (χ2n) is 10.5. The maximum atomic E-state index is 14.1. The first-order valence-electron chi connectivity index (χ1n) is 11.8. The SMILES string of the molecule is N#CC1(N2Cc3cc(Cl)ccc3-n3c(nnc3C3CC4(C3)CN(c3ncc(F)cc3F)C4)C2)CC1. The number of hydrogen-bond donors (Lipinski definition) is 0. The van der Waals surface area contributed by atoms with Crippen LogP contribution in [0.1, 0.15) is 48.8 Å². The lowest BCUT2D eigenvalue weighted by Crippen LogP contribution is -2.62. The lowest BCUT2D eigenvalue weighted by molar-refractivity contribution is 0.0575. The van der Waals surface area contributed by atoms with E-state index in [2.05, 4.69) is 30.7 Å². The molecular weight excluding hydrogens is 472 g/mol. The molecule has 0 radical (unpaired) electrons. The number of aromatic nitrogens is 4. The molecular formula is C25H22ClF2N7. The van der Waals surface area contributed by atoms with E-state index >= 15 is 0 Å². The van der Waals surface area contributed by atoms with Crippen LogP contribution < -0.4 is 4.90 Å². The molecule has 2 aliphatic heterocycles. The fourth-order valence-corrected chi connectivity index (χ4v) is 6.38. The highest BCUT2D eigenvalue weighted by Crippen LogP contribution is 2.57. The van der Waals surface area contributed by atoms with Crippen LogP contribution in [-0.4, -0.2) is 43.3 Å². The van der Waals surface area contributed by atoms with Crippen LogP contribution in [0.3, 0.4) is 0 Å². The number of halogens is 3. The fourth-order valence-electron chi connectivity index (χ4n) is 6.19. The molecule has 0 N–H and O–H groups in total. The van der Waals surface area contributed by atoms with Crippen LogP contribution in [-0.2, 0) is 13.1 Å². The van der Waals surface area contributed by atoms with Gasteiger partial charge in [-0.1, -0.05) is 11.6 Å². The van der Waals surface area contributed by atoms with Crippen LogP contribution in [0.2, 0.25) is 5.02 Å². The summed E-state index contributed by atoms with van der Waals surface area (Å²) in [5.41, 5.74) is 1.76. The molecule has 10 heteroatoms. The van der Waals surface area contributed by atoms with Crippen molar-refractivity contribution in [2.24, 2.45) is 5.41 Å². The van der Waals surface area contributed by atoms with Crippen molar-refractivity contribution < 1.29 is 8.78 Å². The average molecular weight is 494 g/mol. The summed E-state index contributed by atoms with van der Waals surface area (Å²) in [5, 5.41) is 19.7. The number of fused-ring (bicyclic) bond motifs is 3. The lowest BCUT2D eigenvalue weighted by Gasteiger charge is -2.59. The third-order valence-corrected chi connectivity index (χ3v) is 8.37. The van der Waals surface area contributed by atoms with Gasteiger partial charge in [0.15, 0.2) is 17.5 Å². The largest absolute Gasteiger partial charge is 0.353 e. The van der Waals surface area contributed by atoms with Crippen LogP contribution in [0, 0.1) is 28.4 Å². The molecule has 7 nitrogen and oxygen atoms in total. The molecule has 178 valence electrons. The van der Waals surface area contributed by atoms with E-state index in [1.807, 2.05) is 23.1 Å². The normalized spacial score (nSPS) is 21.9. The zero-order valence-corrected chi connectivity index (χ0v) is 19.6. The Hall–Kier alpha value is -3.09. The van der Waals surface area contributed by atoms with Gasteiger partial charge in [0.1, 0.15) is 17.2 Å². The van der Waals surface area contributed by atoms with Gasteiger partial charge in [-0.2, -0.15) is 5.26 Å². The van der Waals surface area contributed by atoms with Crippen molar-refractivity contribution in [3.63, 3.8) is 0 Å². The highest BCUT2D eigenvalue weighted by atomic mass is 35.5. The average Bonchev–Trinajstić information content (AvgIpc) is 3.51. The molecule has 3 fully saturated rings. The van der Waals surface area contributed by atoms with Crippen molar-refractivity contribution in [3.8, 4) is 11.8 Å². The Labute approximate surface area is 205 Å². The quantitative estimate of drug-likeness (QED) is 0.540. The van der Waals surface area contributed by atoms with E-state index in [4.69, 9.17) is 11.6 Å². The number of nitriles is 1. The Morgan fingerprint density at radius 2 is 1.89 bits per heavy atom. The van der Waals surface area contributed by atoms with Gasteiger partial charge < -0.3 is 4.90 Å². The summed E-state index contributed by atoms with van der Waals surface area (Å²) in [7, 11) is 0. The Kier molecular flexibility index (Phi) is 4.37. The molecule has 0 unspecified atom stereocenters. The van der Waals surface area contributed by atoms with Gasteiger partial charge in [-0.25, -0.2) is 13.8 Å². The second-order valence-corrected chi connectivity index (χ2v) is 10.9. The predicted molar refractivity (Wildman–Crippen MR) is 124 cm³/mol. The summed E-state index contributed by atoms with van der Waals surface area (Å²) in [5.74, 6) is 0.947. The Morgan fingerprint density at radius 3 is 2.60 bits per heavy atom. The molecule has 2 saturated carbocycles. The van der Waals surface area contributed by atoms with E-state index in [0.29, 0.717) is 31.2 Å². The van der Waals surface area contributed by atoms with Crippen molar-refractivity contribution in [2.75, 3.05) is 18.0 Å². The molecule has 4 heterocycles. The summed E-state index contributed by atoms with van der Waals surface area (Å²) in [6.45, 7) is 2.61. The van der Waals surface area contributed by atoms with Gasteiger partial charge in [-0.3, -0.25) is 9.47 Å². The van der Waals surface area contributed by atoms with Crippen LogP contribution in [0.25, 0.3) is 5.69 Å². The number of benzene rings is 1. The number of nitrogens with zero attached hydrogens (tertiary/aromatic N) is 7. The molecule has 35 heavy (non-hydrogen) atoms. The molecule has 2 aliphatic carbocycles. The Bertz CT molecular complexity index is 1400. The van der Waals surface area contributed by atoms with Crippen LogP contribution >= 0.6 is 11.6 Å². The molecule has 0 bridgehead atoms. The van der Waals surface area contributed by atoms with E-state index in [-0.39, 0.29) is 17.2 Å². The third kappa shape index (κ3) is 3.20. The molecule has 0 atom stereocenters. The highest BCUT2D eigenvalue weighted by Gasteiger charge is 2.55. The van der Waals surface area contributed by atoms with Crippen molar-refractivity contribution >= 4 is 17.4 Å². The van der Waals surface area contributed by atoms with Gasteiger partial charge >= 0.3 is 0 Å². The zero-order valence-electron chi connectivity index (χ0n) is 18.9. The summed E-state index contributed by atoms with van der Waals surface area (Å²) < 4.78 is 29.5. The Morgan fingerprint density at radius 1 is 1.09 bits per heavy atom. The summed E-state index contributed by atoms with van der Waals surface area (Å²) in [6, 6.07) is 9.27. The Balaban J connectivity index is 1.15. The van der Waals surface area contributed by atoms with E-state index in [0.717, 1.165) is 60.8 Å². The zero-order chi connectivity index (χ0) is 23.9. The molecule has 1 aromatic carbocycles. The van der Waals surface area contributed by atoms with Crippen molar-refractivity contribution in [2.45, 2.75) is 50.2 Å². The summed E-state index contributed by atoms with van der Waals surface area (Å²) in [6.07, 6.45) is 4.65. The van der Waals surface area contributed by atoms with E-state index < -0.39 is 17.2 Å². The van der Waals surface area contributed by atoms with Gasteiger partial charge in [-0.05, 0) is 49.4 Å². The first-order chi connectivity index (χ1) is 16.9. The third-order valence-electron chi connectivity index (χ3n) is 8.13. The summed E-state index contributed by atoms with van der Waals surface area (Å²) >= 11 is 6.35. The molecule has 1 spiro atoms. The smallest absolute Gasteiger partial charge is 0.168 e. The van der Waals surface area contributed by atoms with Crippen LogP contribution in [0.4, 0.5) is 14.6 Å². The van der Waals surface area contributed by atoms with Gasteiger partial charge in [0, 0.05) is 42.1 Å². The minimum atomic E-state index is -0.666. The molecule has 0 amide bonds. The number of rotatable bonds is 3. The number of hydrogen-bond acceptors (Lipinski definition) is 6. The van der Waals surface area contributed by atoms with E-state index in [9.17, 15) is 14.0 Å². The molecule has 4 aliphatic rings. The number of anilines is 1.